The standard InChI is InChI=1S/C28H38N2O3/c1-20-8-6-12-22-18-24-25(26(31)28(20,22)2)23(27(32)33-24)19-30-16-14-29(15-17-30)13-7-11-21-9-4-3-5-10-21/h3-5,7,9-12,20,23-26,31H,6,8,13-19H2,1-2H3/b11-7+/t20-,23+,24+,25+,26+,28+/m0/s1. The minimum Gasteiger partial charge on any atom is -0.461 e. The van der Waals surface area contributed by atoms with Crippen LogP contribution in [-0.2, 0) is 9.53 Å². The van der Waals surface area contributed by atoms with E-state index < -0.39 is 6.10 Å². The van der Waals surface area contributed by atoms with Gasteiger partial charge in [0.1, 0.15) is 6.10 Å². The maximum Gasteiger partial charge on any atom is 0.311 e. The molecule has 1 saturated carbocycles. The van der Waals surface area contributed by atoms with Crippen LogP contribution in [0.15, 0.2) is 48.1 Å². The molecule has 3 fully saturated rings. The van der Waals surface area contributed by atoms with Gasteiger partial charge in [0.25, 0.3) is 0 Å². The van der Waals surface area contributed by atoms with E-state index in [1.165, 1.54) is 11.1 Å². The van der Waals surface area contributed by atoms with Crippen LogP contribution in [-0.4, -0.2) is 72.4 Å². The Hall–Kier alpha value is -1.95. The molecule has 2 heterocycles. The summed E-state index contributed by atoms with van der Waals surface area (Å²) in [6, 6.07) is 10.4. The summed E-state index contributed by atoms with van der Waals surface area (Å²) in [5.41, 5.74) is 2.31. The van der Waals surface area contributed by atoms with Crippen LogP contribution in [0, 0.1) is 23.2 Å². The van der Waals surface area contributed by atoms with Crippen molar-refractivity contribution in [3.05, 3.63) is 53.6 Å². The molecule has 2 saturated heterocycles. The van der Waals surface area contributed by atoms with Gasteiger partial charge in [0.05, 0.1) is 12.0 Å². The second-order valence-corrected chi connectivity index (χ2v) is 10.7. The average molecular weight is 451 g/mol. The van der Waals surface area contributed by atoms with Crippen LogP contribution in [0.25, 0.3) is 6.08 Å². The number of ether oxygens (including phenoxy) is 1. The van der Waals surface area contributed by atoms with Crippen molar-refractivity contribution in [2.45, 2.75) is 45.3 Å². The molecule has 33 heavy (non-hydrogen) atoms. The van der Waals surface area contributed by atoms with Gasteiger partial charge in [-0.15, -0.1) is 0 Å². The number of hydrogen-bond donors (Lipinski definition) is 1. The lowest BCUT2D eigenvalue weighted by Crippen LogP contribution is -2.55. The van der Waals surface area contributed by atoms with Crippen molar-refractivity contribution in [1.82, 2.24) is 9.80 Å². The van der Waals surface area contributed by atoms with Crippen molar-refractivity contribution in [3.63, 3.8) is 0 Å². The van der Waals surface area contributed by atoms with E-state index in [4.69, 9.17) is 4.74 Å². The highest BCUT2D eigenvalue weighted by Gasteiger charge is 2.59. The normalized spacial score (nSPS) is 37.5. The average Bonchev–Trinajstić information content (AvgIpc) is 3.13. The Bertz CT molecular complexity index is 905. The SMILES string of the molecule is C[C@H]1CCC=C2C[C@H]3OC(=O)[C@H](CN4CCN(C/C=C/c5ccccc5)CC4)[C@H]3[C@@H](O)[C@@]21C. The summed E-state index contributed by atoms with van der Waals surface area (Å²) in [5, 5.41) is 11.5. The largest absolute Gasteiger partial charge is 0.461 e. The van der Waals surface area contributed by atoms with Crippen molar-refractivity contribution < 1.29 is 14.6 Å². The molecule has 5 nitrogen and oxygen atoms in total. The first-order chi connectivity index (χ1) is 16.0. The van der Waals surface area contributed by atoms with Gasteiger partial charge in [-0.2, -0.15) is 0 Å². The van der Waals surface area contributed by atoms with Crippen LogP contribution in [0.2, 0.25) is 0 Å². The second-order valence-electron chi connectivity index (χ2n) is 10.7. The molecule has 4 aliphatic rings. The van der Waals surface area contributed by atoms with Crippen molar-refractivity contribution in [2.75, 3.05) is 39.3 Å². The number of benzene rings is 1. The maximum absolute atomic E-state index is 12.9. The van der Waals surface area contributed by atoms with Crippen LogP contribution in [0.1, 0.15) is 38.7 Å². The monoisotopic (exact) mass is 450 g/mol. The van der Waals surface area contributed by atoms with Gasteiger partial charge in [-0.05, 0) is 24.3 Å². The van der Waals surface area contributed by atoms with Gasteiger partial charge in [-0.1, -0.05) is 68.0 Å². The smallest absolute Gasteiger partial charge is 0.311 e. The van der Waals surface area contributed by atoms with E-state index >= 15 is 0 Å². The maximum atomic E-state index is 12.9. The van der Waals surface area contributed by atoms with Gasteiger partial charge >= 0.3 is 5.97 Å². The number of aliphatic hydroxyl groups excluding tert-OH is 1. The number of rotatable bonds is 5. The van der Waals surface area contributed by atoms with Crippen LogP contribution in [0.4, 0.5) is 0 Å². The lowest BCUT2D eigenvalue weighted by molar-refractivity contribution is -0.145. The first-order valence-corrected chi connectivity index (χ1v) is 12.7. The highest BCUT2D eigenvalue weighted by molar-refractivity contribution is 5.76. The summed E-state index contributed by atoms with van der Waals surface area (Å²) in [6.45, 7) is 10.0. The molecule has 2 aliphatic carbocycles. The zero-order chi connectivity index (χ0) is 23.0. The minimum atomic E-state index is -0.515. The number of hydrogen-bond acceptors (Lipinski definition) is 5. The molecule has 0 bridgehead atoms. The second kappa shape index (κ2) is 9.36. The third-order valence-corrected chi connectivity index (χ3v) is 8.96. The Kier molecular flexibility index (Phi) is 6.47. The summed E-state index contributed by atoms with van der Waals surface area (Å²) in [5.74, 6) is 0.0131. The lowest BCUT2D eigenvalue weighted by Gasteiger charge is -2.52. The molecule has 5 rings (SSSR count). The molecule has 6 atom stereocenters. The van der Waals surface area contributed by atoms with E-state index in [1.54, 1.807) is 0 Å². The molecule has 0 unspecified atom stereocenters. The molecule has 0 spiro atoms. The quantitative estimate of drug-likeness (QED) is 0.549. The van der Waals surface area contributed by atoms with Crippen LogP contribution >= 0.6 is 0 Å². The van der Waals surface area contributed by atoms with Crippen LogP contribution < -0.4 is 0 Å². The summed E-state index contributed by atoms with van der Waals surface area (Å²) < 4.78 is 5.85. The zero-order valence-electron chi connectivity index (χ0n) is 20.0. The molecule has 1 N–H and O–H groups in total. The van der Waals surface area contributed by atoms with E-state index in [0.717, 1.165) is 52.0 Å². The number of carbonyl (C=O) groups excluding carboxylic acids is 1. The number of carbonyl (C=O) groups is 1. The van der Waals surface area contributed by atoms with Crippen molar-refractivity contribution in [3.8, 4) is 0 Å². The summed E-state index contributed by atoms with van der Waals surface area (Å²) in [6.07, 6.45) is 9.01. The summed E-state index contributed by atoms with van der Waals surface area (Å²) in [4.78, 5) is 17.8. The Balaban J connectivity index is 1.18. The van der Waals surface area contributed by atoms with Crippen molar-refractivity contribution in [2.24, 2.45) is 23.2 Å². The number of aliphatic hydroxyl groups is 1. The fourth-order valence-electron chi connectivity index (χ4n) is 6.61. The molecule has 5 heteroatoms. The predicted octanol–water partition coefficient (Wildman–Crippen LogP) is 3.60. The Morgan fingerprint density at radius 3 is 2.64 bits per heavy atom. The molecule has 1 aromatic carbocycles. The zero-order valence-corrected chi connectivity index (χ0v) is 20.0. The van der Waals surface area contributed by atoms with E-state index in [2.05, 4.69) is 66.1 Å². The molecule has 0 amide bonds. The third kappa shape index (κ3) is 4.31. The van der Waals surface area contributed by atoms with E-state index in [-0.39, 0.29) is 29.3 Å². The number of esters is 1. The van der Waals surface area contributed by atoms with Gasteiger partial charge < -0.3 is 9.84 Å². The third-order valence-electron chi connectivity index (χ3n) is 8.96. The molecule has 1 aromatic rings. The molecule has 0 radical (unpaired) electrons. The summed E-state index contributed by atoms with van der Waals surface area (Å²) in [7, 11) is 0. The van der Waals surface area contributed by atoms with E-state index in [1.807, 2.05) is 6.07 Å². The molecule has 0 aromatic heterocycles. The number of allylic oxidation sites excluding steroid dienone is 1. The topological polar surface area (TPSA) is 53.0 Å². The van der Waals surface area contributed by atoms with Crippen molar-refractivity contribution in [1.29, 1.82) is 0 Å². The van der Waals surface area contributed by atoms with Gasteiger partial charge in [0, 0.05) is 57.0 Å². The highest BCUT2D eigenvalue weighted by Crippen LogP contribution is 2.56. The van der Waals surface area contributed by atoms with Gasteiger partial charge in [0.15, 0.2) is 0 Å². The number of nitrogens with zero attached hydrogens (tertiary/aromatic N) is 2. The fraction of sp³-hybridized carbons (Fsp3) is 0.607. The van der Waals surface area contributed by atoms with Gasteiger partial charge in [0.2, 0.25) is 0 Å². The first-order valence-electron chi connectivity index (χ1n) is 12.7. The number of fused-ring (bicyclic) bond motifs is 2. The lowest BCUT2D eigenvalue weighted by atomic mass is 9.55. The van der Waals surface area contributed by atoms with Gasteiger partial charge in [-0.3, -0.25) is 14.6 Å². The van der Waals surface area contributed by atoms with Crippen LogP contribution in [0.5, 0.6) is 0 Å². The van der Waals surface area contributed by atoms with E-state index in [0.29, 0.717) is 12.5 Å². The first kappa shape index (κ1) is 22.8. The highest BCUT2D eigenvalue weighted by atomic mass is 16.6. The fourth-order valence-corrected chi connectivity index (χ4v) is 6.61. The van der Waals surface area contributed by atoms with E-state index in [9.17, 15) is 9.90 Å². The van der Waals surface area contributed by atoms with Gasteiger partial charge in [-0.25, -0.2) is 0 Å². The van der Waals surface area contributed by atoms with Crippen LogP contribution in [0.3, 0.4) is 0 Å². The Morgan fingerprint density at radius 2 is 1.88 bits per heavy atom. The van der Waals surface area contributed by atoms with Crippen molar-refractivity contribution >= 4 is 12.0 Å². The minimum absolute atomic E-state index is 0.0907. The molecule has 2 aliphatic heterocycles. The molecular formula is C28H38N2O3. The predicted molar refractivity (Wildman–Crippen MR) is 130 cm³/mol. The number of piperazine rings is 1. The molecule has 178 valence electrons. The summed E-state index contributed by atoms with van der Waals surface area (Å²) >= 11 is 0. The molecular weight excluding hydrogens is 412 g/mol. The Morgan fingerprint density at radius 1 is 1.15 bits per heavy atom. The Labute approximate surface area is 198 Å².